The van der Waals surface area contributed by atoms with Gasteiger partial charge in [-0.05, 0) is 24.3 Å². The van der Waals surface area contributed by atoms with Gasteiger partial charge in [-0.25, -0.2) is 0 Å². The molecule has 0 amide bonds. The summed E-state index contributed by atoms with van der Waals surface area (Å²) < 4.78 is 0. The lowest BCUT2D eigenvalue weighted by molar-refractivity contribution is 0.475. The number of hydrogen-bond donors (Lipinski definition) is 3. The number of anilines is 2. The Kier molecular flexibility index (Phi) is 3.81. The molecule has 0 aromatic heterocycles. The highest BCUT2D eigenvalue weighted by Gasteiger charge is 2.03. The first kappa shape index (κ1) is 12.0. The Balaban J connectivity index is 2.14. The standard InChI is InChI=1S/C14H15N3O/c1-15-13-8-5-9-14(18)12(13)10-16-17-11-6-3-2-4-7-11/h2-10,15,17-18H,1H3. The summed E-state index contributed by atoms with van der Waals surface area (Å²) in [4.78, 5) is 0. The second-order valence-corrected chi connectivity index (χ2v) is 3.72. The van der Waals surface area contributed by atoms with Crippen molar-refractivity contribution in [2.24, 2.45) is 5.10 Å². The Morgan fingerprint density at radius 2 is 1.83 bits per heavy atom. The largest absolute Gasteiger partial charge is 0.507 e. The molecule has 2 rings (SSSR count). The first-order chi connectivity index (χ1) is 8.81. The SMILES string of the molecule is CNc1cccc(O)c1C=NNc1ccccc1. The van der Waals surface area contributed by atoms with E-state index in [0.717, 1.165) is 11.4 Å². The molecule has 0 aliphatic rings. The molecule has 0 spiro atoms. The van der Waals surface area contributed by atoms with Gasteiger partial charge in [-0.15, -0.1) is 0 Å². The van der Waals surface area contributed by atoms with Crippen molar-refractivity contribution in [2.75, 3.05) is 17.8 Å². The Labute approximate surface area is 106 Å². The fraction of sp³-hybridized carbons (Fsp3) is 0.0714. The molecule has 0 atom stereocenters. The fourth-order valence-corrected chi connectivity index (χ4v) is 1.59. The molecule has 0 bridgehead atoms. The van der Waals surface area contributed by atoms with Crippen LogP contribution in [0.15, 0.2) is 53.6 Å². The topological polar surface area (TPSA) is 56.6 Å². The molecular formula is C14H15N3O. The number of phenolic OH excluding ortho intramolecular Hbond substituents is 1. The third-order valence-corrected chi connectivity index (χ3v) is 2.51. The molecule has 2 aromatic rings. The van der Waals surface area contributed by atoms with Gasteiger partial charge in [0.05, 0.1) is 17.5 Å². The number of nitrogens with one attached hydrogen (secondary N) is 2. The summed E-state index contributed by atoms with van der Waals surface area (Å²) in [5, 5.41) is 16.9. The quantitative estimate of drug-likeness (QED) is 0.570. The maximum Gasteiger partial charge on any atom is 0.126 e. The lowest BCUT2D eigenvalue weighted by Gasteiger charge is -2.06. The van der Waals surface area contributed by atoms with Gasteiger partial charge < -0.3 is 10.4 Å². The minimum Gasteiger partial charge on any atom is -0.507 e. The highest BCUT2D eigenvalue weighted by molar-refractivity contribution is 5.91. The van der Waals surface area contributed by atoms with Gasteiger partial charge in [0.15, 0.2) is 0 Å². The van der Waals surface area contributed by atoms with Crippen LogP contribution < -0.4 is 10.7 Å². The van der Waals surface area contributed by atoms with Crippen molar-refractivity contribution < 1.29 is 5.11 Å². The average Bonchev–Trinajstić information content (AvgIpc) is 2.41. The zero-order valence-corrected chi connectivity index (χ0v) is 10.1. The summed E-state index contributed by atoms with van der Waals surface area (Å²) in [7, 11) is 1.80. The molecule has 18 heavy (non-hydrogen) atoms. The molecule has 0 aliphatic heterocycles. The van der Waals surface area contributed by atoms with Gasteiger partial charge in [-0.3, -0.25) is 5.43 Å². The first-order valence-corrected chi connectivity index (χ1v) is 5.65. The number of hydrazone groups is 1. The summed E-state index contributed by atoms with van der Waals surface area (Å²) in [5.41, 5.74) is 5.28. The van der Waals surface area contributed by atoms with Crippen molar-refractivity contribution in [3.8, 4) is 5.75 Å². The summed E-state index contributed by atoms with van der Waals surface area (Å²) >= 11 is 0. The van der Waals surface area contributed by atoms with Gasteiger partial charge in [0.1, 0.15) is 5.75 Å². The molecule has 0 heterocycles. The Morgan fingerprint density at radius 3 is 2.56 bits per heavy atom. The van der Waals surface area contributed by atoms with Crippen LogP contribution in [-0.2, 0) is 0 Å². The number of benzene rings is 2. The number of nitrogens with zero attached hydrogens (tertiary/aromatic N) is 1. The number of hydrogen-bond acceptors (Lipinski definition) is 4. The van der Waals surface area contributed by atoms with Crippen LogP contribution in [0.4, 0.5) is 11.4 Å². The summed E-state index contributed by atoms with van der Waals surface area (Å²) in [6, 6.07) is 14.9. The van der Waals surface area contributed by atoms with Crippen molar-refractivity contribution in [1.82, 2.24) is 0 Å². The second kappa shape index (κ2) is 5.72. The summed E-state index contributed by atoms with van der Waals surface area (Å²) in [5.74, 6) is 0.195. The molecule has 0 saturated carbocycles. The van der Waals surface area contributed by atoms with Crippen LogP contribution in [0.1, 0.15) is 5.56 Å². The molecule has 3 N–H and O–H groups in total. The predicted molar refractivity (Wildman–Crippen MR) is 75.3 cm³/mol. The smallest absolute Gasteiger partial charge is 0.126 e. The zero-order valence-electron chi connectivity index (χ0n) is 10.1. The van der Waals surface area contributed by atoms with Gasteiger partial charge in [-0.1, -0.05) is 24.3 Å². The van der Waals surface area contributed by atoms with E-state index in [1.165, 1.54) is 0 Å². The molecule has 92 valence electrons. The minimum absolute atomic E-state index is 0.195. The molecule has 2 aromatic carbocycles. The molecule has 0 aliphatic carbocycles. The number of rotatable bonds is 4. The van der Waals surface area contributed by atoms with Crippen LogP contribution in [0, 0.1) is 0 Å². The predicted octanol–water partition coefficient (Wildman–Crippen LogP) is 2.88. The Hall–Kier alpha value is -2.49. The van der Waals surface area contributed by atoms with Crippen LogP contribution in [0.5, 0.6) is 5.75 Å². The van der Waals surface area contributed by atoms with E-state index >= 15 is 0 Å². The van der Waals surface area contributed by atoms with Crippen LogP contribution in [0.2, 0.25) is 0 Å². The number of phenols is 1. The molecule has 0 fully saturated rings. The van der Waals surface area contributed by atoms with Crippen molar-refractivity contribution in [3.05, 3.63) is 54.1 Å². The average molecular weight is 241 g/mol. The molecule has 0 saturated heterocycles. The van der Waals surface area contributed by atoms with Crippen molar-refractivity contribution in [2.45, 2.75) is 0 Å². The Morgan fingerprint density at radius 1 is 1.06 bits per heavy atom. The Bertz CT molecular complexity index is 538. The normalized spacial score (nSPS) is 10.5. The molecule has 4 heteroatoms. The number of aromatic hydroxyl groups is 1. The minimum atomic E-state index is 0.195. The monoisotopic (exact) mass is 241 g/mol. The van der Waals surface area contributed by atoms with Gasteiger partial charge in [0.2, 0.25) is 0 Å². The van der Waals surface area contributed by atoms with E-state index in [4.69, 9.17) is 0 Å². The van der Waals surface area contributed by atoms with Gasteiger partial charge in [-0.2, -0.15) is 5.10 Å². The first-order valence-electron chi connectivity index (χ1n) is 5.65. The summed E-state index contributed by atoms with van der Waals surface area (Å²) in [6.07, 6.45) is 1.59. The second-order valence-electron chi connectivity index (χ2n) is 3.72. The molecule has 4 nitrogen and oxygen atoms in total. The maximum absolute atomic E-state index is 9.76. The maximum atomic E-state index is 9.76. The van der Waals surface area contributed by atoms with E-state index in [0.29, 0.717) is 5.56 Å². The lowest BCUT2D eigenvalue weighted by atomic mass is 10.1. The fourth-order valence-electron chi connectivity index (χ4n) is 1.59. The van der Waals surface area contributed by atoms with E-state index in [-0.39, 0.29) is 5.75 Å². The van der Waals surface area contributed by atoms with Crippen molar-refractivity contribution in [3.63, 3.8) is 0 Å². The van der Waals surface area contributed by atoms with E-state index in [1.807, 2.05) is 36.4 Å². The highest BCUT2D eigenvalue weighted by Crippen LogP contribution is 2.22. The number of para-hydroxylation sites is 1. The van der Waals surface area contributed by atoms with E-state index < -0.39 is 0 Å². The van der Waals surface area contributed by atoms with Crippen LogP contribution in [-0.4, -0.2) is 18.4 Å². The van der Waals surface area contributed by atoms with E-state index in [2.05, 4.69) is 15.8 Å². The van der Waals surface area contributed by atoms with Crippen molar-refractivity contribution >= 4 is 17.6 Å². The van der Waals surface area contributed by atoms with Gasteiger partial charge in [0.25, 0.3) is 0 Å². The van der Waals surface area contributed by atoms with Crippen molar-refractivity contribution in [1.29, 1.82) is 0 Å². The van der Waals surface area contributed by atoms with E-state index in [9.17, 15) is 5.11 Å². The summed E-state index contributed by atoms with van der Waals surface area (Å²) in [6.45, 7) is 0. The molecule has 0 radical (unpaired) electrons. The van der Waals surface area contributed by atoms with Crippen LogP contribution in [0.3, 0.4) is 0 Å². The van der Waals surface area contributed by atoms with Gasteiger partial charge in [0, 0.05) is 12.7 Å². The van der Waals surface area contributed by atoms with Crippen LogP contribution >= 0.6 is 0 Å². The molecule has 0 unspecified atom stereocenters. The third-order valence-electron chi connectivity index (χ3n) is 2.51. The molecular weight excluding hydrogens is 226 g/mol. The van der Waals surface area contributed by atoms with Crippen LogP contribution in [0.25, 0.3) is 0 Å². The van der Waals surface area contributed by atoms with E-state index in [1.54, 1.807) is 25.4 Å². The third kappa shape index (κ3) is 2.79. The van der Waals surface area contributed by atoms with Gasteiger partial charge >= 0.3 is 0 Å². The zero-order chi connectivity index (χ0) is 12.8. The highest BCUT2D eigenvalue weighted by atomic mass is 16.3. The lowest BCUT2D eigenvalue weighted by Crippen LogP contribution is -1.96.